The zero-order valence-electron chi connectivity index (χ0n) is 13.7. The minimum absolute atomic E-state index is 0.0302. The number of nitrogens with one attached hydrogen (secondary N) is 2. The first-order valence-electron chi connectivity index (χ1n) is 7.95. The fraction of sp³-hybridized carbons (Fsp3) is 0.300. The van der Waals surface area contributed by atoms with Crippen molar-refractivity contribution < 1.29 is 4.39 Å². The van der Waals surface area contributed by atoms with E-state index in [2.05, 4.69) is 30.4 Å². The van der Waals surface area contributed by atoms with Crippen LogP contribution in [0.4, 0.5) is 10.1 Å². The molecular weight excluding hydrogens is 287 g/mol. The molecule has 0 aliphatic heterocycles. The number of halogens is 1. The zero-order valence-corrected chi connectivity index (χ0v) is 13.7. The highest BCUT2D eigenvalue weighted by Gasteiger charge is 2.24. The molecule has 1 atom stereocenters. The van der Waals surface area contributed by atoms with Gasteiger partial charge < -0.3 is 10.6 Å². The lowest BCUT2D eigenvalue weighted by molar-refractivity contribution is 0.570. The molecule has 1 aliphatic carbocycles. The van der Waals surface area contributed by atoms with Crippen LogP contribution in [0.1, 0.15) is 31.4 Å². The molecule has 1 aromatic rings. The van der Waals surface area contributed by atoms with Crippen molar-refractivity contribution in [3.8, 4) is 0 Å². The number of benzene rings is 1. The van der Waals surface area contributed by atoms with Crippen LogP contribution in [0, 0.1) is 11.7 Å². The van der Waals surface area contributed by atoms with E-state index in [1.165, 1.54) is 18.9 Å². The van der Waals surface area contributed by atoms with Gasteiger partial charge in [0.05, 0.1) is 11.7 Å². The monoisotopic (exact) mass is 312 g/mol. The lowest BCUT2D eigenvalue weighted by Crippen LogP contribution is -2.25. The van der Waals surface area contributed by atoms with E-state index in [0.717, 1.165) is 23.6 Å². The maximum atomic E-state index is 14.0. The molecule has 2 rings (SSSR count). The van der Waals surface area contributed by atoms with Crippen molar-refractivity contribution >= 4 is 5.69 Å². The summed E-state index contributed by atoms with van der Waals surface area (Å²) in [6.45, 7) is 14.2. The average molecular weight is 312 g/mol. The number of anilines is 1. The molecule has 0 saturated heterocycles. The Balaban J connectivity index is 2.32. The molecular formula is C20H25FN2. The van der Waals surface area contributed by atoms with Crippen molar-refractivity contribution in [3.63, 3.8) is 0 Å². The van der Waals surface area contributed by atoms with Gasteiger partial charge in [-0.05, 0) is 55.5 Å². The number of hydrogen-bond donors (Lipinski definition) is 2. The molecule has 2 N–H and O–H groups in total. The Labute approximate surface area is 138 Å². The van der Waals surface area contributed by atoms with Crippen molar-refractivity contribution in [1.29, 1.82) is 0 Å². The second-order valence-electron chi connectivity index (χ2n) is 6.04. The maximum Gasteiger partial charge on any atom is 0.146 e. The Morgan fingerprint density at radius 3 is 2.70 bits per heavy atom. The van der Waals surface area contributed by atoms with Crippen LogP contribution in [0.5, 0.6) is 0 Å². The van der Waals surface area contributed by atoms with Crippen LogP contribution >= 0.6 is 0 Å². The third kappa shape index (κ3) is 4.93. The van der Waals surface area contributed by atoms with E-state index >= 15 is 0 Å². The van der Waals surface area contributed by atoms with E-state index in [9.17, 15) is 4.39 Å². The fourth-order valence-electron chi connectivity index (χ4n) is 2.50. The summed E-state index contributed by atoms with van der Waals surface area (Å²) in [7, 11) is 0. The van der Waals surface area contributed by atoms with Crippen molar-refractivity contribution in [2.75, 3.05) is 11.9 Å². The van der Waals surface area contributed by atoms with Crippen LogP contribution < -0.4 is 10.6 Å². The summed E-state index contributed by atoms with van der Waals surface area (Å²) in [6.07, 6.45) is 8.06. The van der Waals surface area contributed by atoms with Gasteiger partial charge in [-0.2, -0.15) is 0 Å². The van der Waals surface area contributed by atoms with Gasteiger partial charge in [0.1, 0.15) is 5.82 Å². The van der Waals surface area contributed by atoms with Gasteiger partial charge in [-0.15, -0.1) is 0 Å². The number of rotatable bonds is 9. The van der Waals surface area contributed by atoms with Crippen molar-refractivity contribution in [1.82, 2.24) is 5.32 Å². The van der Waals surface area contributed by atoms with Gasteiger partial charge in [0.15, 0.2) is 0 Å². The van der Waals surface area contributed by atoms with Crippen LogP contribution in [-0.4, -0.2) is 6.54 Å². The molecule has 0 spiro atoms. The molecule has 1 saturated carbocycles. The highest BCUT2D eigenvalue weighted by Crippen LogP contribution is 2.31. The van der Waals surface area contributed by atoms with Gasteiger partial charge in [-0.3, -0.25) is 0 Å². The van der Waals surface area contributed by atoms with Gasteiger partial charge in [-0.25, -0.2) is 4.39 Å². The van der Waals surface area contributed by atoms with Crippen LogP contribution in [-0.2, 0) is 0 Å². The van der Waals surface area contributed by atoms with Crippen molar-refractivity contribution in [2.24, 2.45) is 5.92 Å². The summed E-state index contributed by atoms with van der Waals surface area (Å²) in [5.41, 5.74) is 3.15. The summed E-state index contributed by atoms with van der Waals surface area (Å²) in [5.74, 6) is 0.464. The lowest BCUT2D eigenvalue weighted by Gasteiger charge is -2.22. The molecule has 1 unspecified atom stereocenters. The summed E-state index contributed by atoms with van der Waals surface area (Å²) < 4.78 is 14.0. The molecule has 3 heteroatoms. The summed E-state index contributed by atoms with van der Waals surface area (Å²) >= 11 is 0. The smallest absolute Gasteiger partial charge is 0.146 e. The van der Waals surface area contributed by atoms with Gasteiger partial charge in [0.25, 0.3) is 0 Å². The SMILES string of the molecule is C=C/C=C(\C=C)C(NCC1CC1)c1ccc(F)c(NC(=C)C)c1. The van der Waals surface area contributed by atoms with Gasteiger partial charge in [-0.1, -0.05) is 44.0 Å². The molecule has 0 aromatic heterocycles. The van der Waals surface area contributed by atoms with E-state index < -0.39 is 0 Å². The highest BCUT2D eigenvalue weighted by atomic mass is 19.1. The largest absolute Gasteiger partial charge is 0.357 e. The highest BCUT2D eigenvalue weighted by molar-refractivity contribution is 5.53. The average Bonchev–Trinajstić information content (AvgIpc) is 3.33. The van der Waals surface area contributed by atoms with Crippen LogP contribution in [0.3, 0.4) is 0 Å². The lowest BCUT2D eigenvalue weighted by atomic mass is 9.97. The predicted molar refractivity (Wildman–Crippen MR) is 96.8 cm³/mol. The first kappa shape index (κ1) is 17.2. The molecule has 122 valence electrons. The Morgan fingerprint density at radius 2 is 2.13 bits per heavy atom. The van der Waals surface area contributed by atoms with E-state index in [4.69, 9.17) is 0 Å². The van der Waals surface area contributed by atoms with Crippen molar-refractivity contribution in [3.05, 3.63) is 78.8 Å². The molecule has 23 heavy (non-hydrogen) atoms. The number of allylic oxidation sites excluding steroid dienone is 3. The normalized spacial score (nSPS) is 15.8. The van der Waals surface area contributed by atoms with Gasteiger partial charge in [0, 0.05) is 5.70 Å². The molecule has 1 aromatic carbocycles. The first-order valence-corrected chi connectivity index (χ1v) is 7.95. The van der Waals surface area contributed by atoms with E-state index in [1.54, 1.807) is 6.08 Å². The molecule has 0 amide bonds. The number of hydrogen-bond acceptors (Lipinski definition) is 2. The second-order valence-corrected chi connectivity index (χ2v) is 6.04. The standard InChI is InChI=1S/C20H25FN2/c1-5-7-16(6-2)20(22-13-15-8-9-15)17-10-11-18(21)19(12-17)23-14(3)4/h5-7,10-12,15,20,22-23H,1-3,8-9,13H2,4H3/b16-7+. The second kappa shape index (κ2) is 7.93. The molecule has 2 nitrogen and oxygen atoms in total. The van der Waals surface area contributed by atoms with Crippen LogP contribution in [0.2, 0.25) is 0 Å². The molecule has 1 fully saturated rings. The minimum Gasteiger partial charge on any atom is -0.357 e. The van der Waals surface area contributed by atoms with Crippen LogP contribution in [0.25, 0.3) is 0 Å². The van der Waals surface area contributed by atoms with E-state index in [1.807, 2.05) is 31.2 Å². The van der Waals surface area contributed by atoms with Crippen LogP contribution in [0.15, 0.2) is 67.4 Å². The van der Waals surface area contributed by atoms with Gasteiger partial charge >= 0.3 is 0 Å². The molecule has 0 heterocycles. The Kier molecular flexibility index (Phi) is 5.94. The summed E-state index contributed by atoms with van der Waals surface area (Å²) in [5, 5.41) is 6.55. The third-order valence-corrected chi connectivity index (χ3v) is 3.86. The zero-order chi connectivity index (χ0) is 16.8. The van der Waals surface area contributed by atoms with Gasteiger partial charge in [0.2, 0.25) is 0 Å². The summed E-state index contributed by atoms with van der Waals surface area (Å²) in [4.78, 5) is 0. The van der Waals surface area contributed by atoms with Crippen molar-refractivity contribution in [2.45, 2.75) is 25.8 Å². The topological polar surface area (TPSA) is 24.1 Å². The quantitative estimate of drug-likeness (QED) is 0.619. The molecule has 1 aliphatic rings. The maximum absolute atomic E-state index is 14.0. The minimum atomic E-state index is -0.287. The Morgan fingerprint density at radius 1 is 1.39 bits per heavy atom. The summed E-state index contributed by atoms with van der Waals surface area (Å²) in [6, 6.07) is 5.09. The molecule has 0 bridgehead atoms. The predicted octanol–water partition coefficient (Wildman–Crippen LogP) is 5.11. The Hall–Kier alpha value is -2.13. The third-order valence-electron chi connectivity index (χ3n) is 3.86. The van der Waals surface area contributed by atoms with E-state index in [0.29, 0.717) is 11.4 Å². The first-order chi connectivity index (χ1) is 11.0. The Bertz CT molecular complexity index is 627. The fourth-order valence-corrected chi connectivity index (χ4v) is 2.50. The van der Waals surface area contributed by atoms with E-state index in [-0.39, 0.29) is 11.9 Å². The molecule has 0 radical (unpaired) electrons.